The highest BCUT2D eigenvalue weighted by molar-refractivity contribution is 7.14. The summed E-state index contributed by atoms with van der Waals surface area (Å²) in [6.45, 7) is 0. The lowest BCUT2D eigenvalue weighted by Gasteiger charge is -1.74. The molecule has 0 saturated carbocycles. The standard InChI is InChI=1S/C4H2ClNOS/c5-4-3(1-7)6-2-8-4/h1-2H. The molecule has 0 saturated heterocycles. The van der Waals surface area contributed by atoms with Crippen LogP contribution in [0.15, 0.2) is 5.51 Å². The van der Waals surface area contributed by atoms with Gasteiger partial charge >= 0.3 is 0 Å². The molecule has 0 aliphatic rings. The van der Waals surface area contributed by atoms with Crippen molar-refractivity contribution >= 4 is 29.2 Å². The fraction of sp³-hybridized carbons (Fsp3) is 0. The van der Waals surface area contributed by atoms with Crippen molar-refractivity contribution < 1.29 is 4.79 Å². The van der Waals surface area contributed by atoms with Crippen LogP contribution in [0.3, 0.4) is 0 Å². The van der Waals surface area contributed by atoms with E-state index >= 15 is 0 Å². The Kier molecular flexibility index (Phi) is 1.60. The van der Waals surface area contributed by atoms with E-state index in [0.717, 1.165) is 0 Å². The molecule has 0 radical (unpaired) electrons. The Morgan fingerprint density at radius 2 is 2.62 bits per heavy atom. The zero-order valence-electron chi connectivity index (χ0n) is 3.80. The highest BCUT2D eigenvalue weighted by Crippen LogP contribution is 2.16. The Morgan fingerprint density at radius 3 is 2.88 bits per heavy atom. The van der Waals surface area contributed by atoms with Crippen LogP contribution in [0.2, 0.25) is 4.34 Å². The molecular weight excluding hydrogens is 146 g/mol. The smallest absolute Gasteiger partial charge is 0.170 e. The van der Waals surface area contributed by atoms with Gasteiger partial charge in [-0.2, -0.15) is 0 Å². The van der Waals surface area contributed by atoms with Crippen LogP contribution < -0.4 is 0 Å². The van der Waals surface area contributed by atoms with Gasteiger partial charge in [-0.25, -0.2) is 4.98 Å². The largest absolute Gasteiger partial charge is 0.296 e. The Balaban J connectivity index is 3.09. The van der Waals surface area contributed by atoms with Gasteiger partial charge in [-0.15, -0.1) is 11.3 Å². The normalized spacial score (nSPS) is 9.12. The summed E-state index contributed by atoms with van der Waals surface area (Å²) in [7, 11) is 0. The van der Waals surface area contributed by atoms with Crippen LogP contribution in [0, 0.1) is 0 Å². The number of aromatic nitrogens is 1. The number of aldehydes is 1. The van der Waals surface area contributed by atoms with E-state index in [1.165, 1.54) is 16.8 Å². The van der Waals surface area contributed by atoms with Gasteiger partial charge in [0.05, 0.1) is 5.51 Å². The van der Waals surface area contributed by atoms with Gasteiger partial charge in [0.25, 0.3) is 0 Å². The summed E-state index contributed by atoms with van der Waals surface area (Å²) in [5.41, 5.74) is 1.86. The highest BCUT2D eigenvalue weighted by atomic mass is 35.5. The van der Waals surface area contributed by atoms with E-state index < -0.39 is 0 Å². The first-order chi connectivity index (χ1) is 3.84. The number of carbonyl (C=O) groups is 1. The fourth-order valence-corrected chi connectivity index (χ4v) is 1.01. The SMILES string of the molecule is O=Cc1ncsc1Cl. The molecular formula is C4H2ClNOS. The molecule has 0 amide bonds. The van der Waals surface area contributed by atoms with Gasteiger partial charge in [-0.3, -0.25) is 4.79 Å². The van der Waals surface area contributed by atoms with Crippen molar-refractivity contribution in [3.8, 4) is 0 Å². The van der Waals surface area contributed by atoms with E-state index in [4.69, 9.17) is 11.6 Å². The van der Waals surface area contributed by atoms with E-state index in [9.17, 15) is 4.79 Å². The number of hydrogen-bond donors (Lipinski definition) is 0. The molecule has 8 heavy (non-hydrogen) atoms. The minimum absolute atomic E-state index is 0.330. The number of rotatable bonds is 1. The van der Waals surface area contributed by atoms with Gasteiger partial charge in [0.2, 0.25) is 0 Å². The van der Waals surface area contributed by atoms with Crippen molar-refractivity contribution in [1.82, 2.24) is 4.98 Å². The quantitative estimate of drug-likeness (QED) is 0.565. The van der Waals surface area contributed by atoms with E-state index in [-0.39, 0.29) is 0 Å². The topological polar surface area (TPSA) is 30.0 Å². The number of carbonyl (C=O) groups excluding carboxylic acids is 1. The van der Waals surface area contributed by atoms with Gasteiger partial charge in [-0.1, -0.05) is 11.6 Å². The molecule has 0 N–H and O–H groups in total. The van der Waals surface area contributed by atoms with E-state index in [0.29, 0.717) is 16.3 Å². The summed E-state index contributed by atoms with van der Waals surface area (Å²) < 4.78 is 0.458. The average molecular weight is 148 g/mol. The first kappa shape index (κ1) is 5.72. The van der Waals surface area contributed by atoms with Crippen LogP contribution in [0.5, 0.6) is 0 Å². The lowest BCUT2D eigenvalue weighted by molar-refractivity contribution is 0.112. The van der Waals surface area contributed by atoms with Gasteiger partial charge in [0.15, 0.2) is 6.29 Å². The highest BCUT2D eigenvalue weighted by Gasteiger charge is 1.97. The molecule has 1 rings (SSSR count). The predicted molar refractivity (Wildman–Crippen MR) is 32.5 cm³/mol. The Morgan fingerprint density at radius 1 is 1.88 bits per heavy atom. The molecule has 1 aromatic rings. The summed E-state index contributed by atoms with van der Waals surface area (Å²) in [6.07, 6.45) is 0.638. The third-order valence-corrected chi connectivity index (χ3v) is 1.75. The maximum atomic E-state index is 9.95. The first-order valence-corrected chi connectivity index (χ1v) is 3.14. The molecule has 0 aliphatic heterocycles. The molecule has 1 heterocycles. The van der Waals surface area contributed by atoms with Gasteiger partial charge in [0.1, 0.15) is 10.0 Å². The van der Waals surface area contributed by atoms with Crippen molar-refractivity contribution in [2.75, 3.05) is 0 Å². The van der Waals surface area contributed by atoms with Gasteiger partial charge in [0, 0.05) is 0 Å². The second-order valence-corrected chi connectivity index (χ2v) is 2.59. The molecule has 0 atom stereocenters. The third-order valence-electron chi connectivity index (χ3n) is 0.661. The number of thiazole rings is 1. The monoisotopic (exact) mass is 147 g/mol. The third kappa shape index (κ3) is 0.877. The molecule has 42 valence electrons. The summed E-state index contributed by atoms with van der Waals surface area (Å²) in [6, 6.07) is 0. The van der Waals surface area contributed by atoms with Crippen LogP contribution in [0.1, 0.15) is 10.5 Å². The summed E-state index contributed by atoms with van der Waals surface area (Å²) in [5, 5.41) is 0. The second kappa shape index (κ2) is 2.24. The summed E-state index contributed by atoms with van der Waals surface area (Å²) in [5.74, 6) is 0. The van der Waals surface area contributed by atoms with Crippen molar-refractivity contribution in [3.05, 3.63) is 15.5 Å². The minimum atomic E-state index is 0.330. The molecule has 0 unspecified atom stereocenters. The zero-order valence-corrected chi connectivity index (χ0v) is 5.37. The minimum Gasteiger partial charge on any atom is -0.296 e. The fourth-order valence-electron chi connectivity index (χ4n) is 0.317. The molecule has 0 spiro atoms. The van der Waals surface area contributed by atoms with Crippen LogP contribution in [-0.2, 0) is 0 Å². The molecule has 0 bridgehead atoms. The Labute approximate surface area is 55.1 Å². The zero-order chi connectivity index (χ0) is 5.98. The second-order valence-electron chi connectivity index (χ2n) is 1.13. The average Bonchev–Trinajstić information content (AvgIpc) is 2.14. The lowest BCUT2D eigenvalue weighted by atomic mass is 10.6. The van der Waals surface area contributed by atoms with Gasteiger partial charge < -0.3 is 0 Å². The lowest BCUT2D eigenvalue weighted by Crippen LogP contribution is -1.75. The van der Waals surface area contributed by atoms with Crippen molar-refractivity contribution in [3.63, 3.8) is 0 Å². The van der Waals surface area contributed by atoms with Crippen LogP contribution in [0.4, 0.5) is 0 Å². The van der Waals surface area contributed by atoms with Gasteiger partial charge in [-0.05, 0) is 0 Å². The molecule has 0 aromatic carbocycles. The molecule has 0 aliphatic carbocycles. The summed E-state index contributed by atoms with van der Waals surface area (Å²) in [4.78, 5) is 13.6. The number of halogens is 1. The number of hydrogen-bond acceptors (Lipinski definition) is 3. The van der Waals surface area contributed by atoms with E-state index in [1.807, 2.05) is 0 Å². The van der Waals surface area contributed by atoms with E-state index in [2.05, 4.69) is 4.98 Å². The number of nitrogens with zero attached hydrogens (tertiary/aromatic N) is 1. The van der Waals surface area contributed by atoms with Crippen molar-refractivity contribution in [2.45, 2.75) is 0 Å². The molecule has 2 nitrogen and oxygen atoms in total. The maximum absolute atomic E-state index is 9.95. The maximum Gasteiger partial charge on any atom is 0.170 e. The molecule has 4 heteroatoms. The van der Waals surface area contributed by atoms with Crippen LogP contribution in [0.25, 0.3) is 0 Å². The van der Waals surface area contributed by atoms with E-state index in [1.54, 1.807) is 0 Å². The van der Waals surface area contributed by atoms with Crippen molar-refractivity contribution in [2.24, 2.45) is 0 Å². The Bertz CT molecular complexity index is 198. The first-order valence-electron chi connectivity index (χ1n) is 1.88. The Hall–Kier alpha value is -0.410. The summed E-state index contributed by atoms with van der Waals surface area (Å²) >= 11 is 6.72. The van der Waals surface area contributed by atoms with Crippen LogP contribution >= 0.6 is 22.9 Å². The van der Waals surface area contributed by atoms with Crippen LogP contribution in [-0.4, -0.2) is 11.3 Å². The molecule has 1 aromatic heterocycles. The predicted octanol–water partition coefficient (Wildman–Crippen LogP) is 1.61. The van der Waals surface area contributed by atoms with Crippen molar-refractivity contribution in [1.29, 1.82) is 0 Å². The molecule has 0 fully saturated rings.